The van der Waals surface area contributed by atoms with Crippen LogP contribution in [0.15, 0.2) is 24.3 Å². The third-order valence-electron chi connectivity index (χ3n) is 8.33. The molecule has 6 rings (SSSR count). The zero-order chi connectivity index (χ0) is 21.1. The molecule has 4 bridgehead atoms. The maximum Gasteiger partial charge on any atom is 0.309 e. The minimum atomic E-state index is -0.893. The van der Waals surface area contributed by atoms with Crippen molar-refractivity contribution in [2.24, 2.45) is 23.2 Å². The van der Waals surface area contributed by atoms with Gasteiger partial charge in [-0.25, -0.2) is 0 Å². The summed E-state index contributed by atoms with van der Waals surface area (Å²) in [6, 6.07) is 8.58. The molecule has 1 amide bonds. The number of carboxylic acid groups (broad SMARTS) is 1. The molecule has 0 radical (unpaired) electrons. The van der Waals surface area contributed by atoms with E-state index < -0.39 is 17.0 Å². The Balaban J connectivity index is 1.24. The van der Waals surface area contributed by atoms with Crippen molar-refractivity contribution in [1.82, 2.24) is 5.32 Å². The van der Waals surface area contributed by atoms with Gasteiger partial charge in [-0.2, -0.15) is 0 Å². The predicted octanol–water partition coefficient (Wildman–Crippen LogP) is 3.73. The summed E-state index contributed by atoms with van der Waals surface area (Å²) >= 11 is 0. The summed E-state index contributed by atoms with van der Waals surface area (Å²) < 4.78 is 6.34. The summed E-state index contributed by atoms with van der Waals surface area (Å²) in [5.41, 5.74) is 1.28. The SMILES string of the molecule is CC(C)(OC1CCc2ccccc2C1)C(=O)NC1C2CC3CC1CC(C(=O)O)(C3)C2. The van der Waals surface area contributed by atoms with Gasteiger partial charge in [0.15, 0.2) is 0 Å². The van der Waals surface area contributed by atoms with Gasteiger partial charge < -0.3 is 15.2 Å². The van der Waals surface area contributed by atoms with Crippen LogP contribution in [-0.2, 0) is 27.2 Å². The maximum atomic E-state index is 13.2. The number of hydrogen-bond acceptors (Lipinski definition) is 3. The van der Waals surface area contributed by atoms with E-state index >= 15 is 0 Å². The summed E-state index contributed by atoms with van der Waals surface area (Å²) in [5.74, 6) is 0.400. The molecule has 2 N–H and O–H groups in total. The van der Waals surface area contributed by atoms with Crippen molar-refractivity contribution in [1.29, 1.82) is 0 Å². The molecule has 0 saturated heterocycles. The summed E-state index contributed by atoms with van der Waals surface area (Å²) in [5, 5.41) is 13.1. The number of amides is 1. The number of aliphatic carboxylic acids is 1. The van der Waals surface area contributed by atoms with E-state index in [0.29, 0.717) is 18.8 Å². The molecule has 0 spiro atoms. The largest absolute Gasteiger partial charge is 0.481 e. The smallest absolute Gasteiger partial charge is 0.309 e. The zero-order valence-electron chi connectivity index (χ0n) is 18.0. The van der Waals surface area contributed by atoms with Gasteiger partial charge in [-0.15, -0.1) is 0 Å². The Morgan fingerprint density at radius 3 is 2.43 bits per heavy atom. The van der Waals surface area contributed by atoms with Gasteiger partial charge in [0, 0.05) is 6.04 Å². The first-order chi connectivity index (χ1) is 14.3. The Morgan fingerprint density at radius 2 is 1.77 bits per heavy atom. The van der Waals surface area contributed by atoms with E-state index in [2.05, 4.69) is 29.6 Å². The highest BCUT2D eigenvalue weighted by atomic mass is 16.5. The van der Waals surface area contributed by atoms with Crippen LogP contribution in [-0.4, -0.2) is 34.7 Å². The molecule has 1 aromatic rings. The minimum absolute atomic E-state index is 0.0504. The molecular formula is C25H33NO4. The number of aryl methyl sites for hydroxylation is 1. The monoisotopic (exact) mass is 411 g/mol. The maximum absolute atomic E-state index is 13.2. The molecule has 3 unspecified atom stereocenters. The van der Waals surface area contributed by atoms with E-state index in [0.717, 1.165) is 38.5 Å². The molecule has 5 aliphatic carbocycles. The lowest BCUT2D eigenvalue weighted by Gasteiger charge is -2.58. The van der Waals surface area contributed by atoms with E-state index in [1.807, 2.05) is 13.8 Å². The first-order valence-electron chi connectivity index (χ1n) is 11.5. The van der Waals surface area contributed by atoms with Crippen LogP contribution in [0.2, 0.25) is 0 Å². The van der Waals surface area contributed by atoms with Gasteiger partial charge in [0.2, 0.25) is 0 Å². The highest BCUT2D eigenvalue weighted by molar-refractivity contribution is 5.84. The quantitative estimate of drug-likeness (QED) is 0.774. The first kappa shape index (κ1) is 20.0. The lowest BCUT2D eigenvalue weighted by Crippen LogP contribution is -2.63. The highest BCUT2D eigenvalue weighted by Gasteiger charge is 2.59. The van der Waals surface area contributed by atoms with Crippen molar-refractivity contribution in [3.63, 3.8) is 0 Å². The normalized spacial score (nSPS) is 36.9. The van der Waals surface area contributed by atoms with E-state index in [1.165, 1.54) is 11.1 Å². The van der Waals surface area contributed by atoms with Gasteiger partial charge in [0.05, 0.1) is 11.5 Å². The predicted molar refractivity (Wildman–Crippen MR) is 113 cm³/mol. The van der Waals surface area contributed by atoms with Crippen molar-refractivity contribution in [2.45, 2.75) is 83.0 Å². The number of ether oxygens (including phenoxy) is 1. The first-order valence-corrected chi connectivity index (χ1v) is 11.5. The third kappa shape index (κ3) is 3.35. The number of nitrogens with one attached hydrogen (secondary N) is 1. The molecule has 0 heterocycles. The van der Waals surface area contributed by atoms with Crippen LogP contribution in [0.5, 0.6) is 0 Å². The molecule has 3 atom stereocenters. The Hall–Kier alpha value is -1.88. The molecule has 0 aromatic heterocycles. The third-order valence-corrected chi connectivity index (χ3v) is 8.33. The van der Waals surface area contributed by atoms with Crippen LogP contribution >= 0.6 is 0 Å². The molecule has 4 fully saturated rings. The lowest BCUT2D eigenvalue weighted by atomic mass is 9.48. The molecular weight excluding hydrogens is 378 g/mol. The number of hydrogen-bond donors (Lipinski definition) is 2. The Kier molecular flexibility index (Phi) is 4.73. The van der Waals surface area contributed by atoms with Crippen molar-refractivity contribution in [3.05, 3.63) is 35.4 Å². The summed E-state index contributed by atoms with van der Waals surface area (Å²) in [6.45, 7) is 3.75. The van der Waals surface area contributed by atoms with Gasteiger partial charge >= 0.3 is 5.97 Å². The number of rotatable bonds is 5. The number of carbonyl (C=O) groups excluding carboxylic acids is 1. The summed E-state index contributed by atoms with van der Waals surface area (Å²) in [6.07, 6.45) is 7.18. The summed E-state index contributed by atoms with van der Waals surface area (Å²) in [7, 11) is 0. The summed E-state index contributed by atoms with van der Waals surface area (Å²) in [4.78, 5) is 25.2. The van der Waals surface area contributed by atoms with Crippen molar-refractivity contribution in [2.75, 3.05) is 0 Å². The Bertz CT molecular complexity index is 846. The zero-order valence-corrected chi connectivity index (χ0v) is 18.0. The molecule has 5 heteroatoms. The molecule has 30 heavy (non-hydrogen) atoms. The van der Waals surface area contributed by atoms with E-state index in [9.17, 15) is 14.7 Å². The second-order valence-electron chi connectivity index (χ2n) is 10.8. The molecule has 5 nitrogen and oxygen atoms in total. The van der Waals surface area contributed by atoms with Gasteiger partial charge in [-0.05, 0) is 94.1 Å². The number of carbonyl (C=O) groups is 2. The van der Waals surface area contributed by atoms with Gasteiger partial charge in [0.1, 0.15) is 5.60 Å². The van der Waals surface area contributed by atoms with Crippen LogP contribution in [0.25, 0.3) is 0 Å². The van der Waals surface area contributed by atoms with E-state index in [1.54, 1.807) is 0 Å². The van der Waals surface area contributed by atoms with Gasteiger partial charge in [-0.1, -0.05) is 24.3 Å². The molecule has 162 valence electrons. The molecule has 5 aliphatic rings. The van der Waals surface area contributed by atoms with Crippen LogP contribution in [0.1, 0.15) is 63.5 Å². The number of carboxylic acids is 1. The Morgan fingerprint density at radius 1 is 1.10 bits per heavy atom. The average Bonchev–Trinajstić information content (AvgIpc) is 2.69. The second-order valence-corrected chi connectivity index (χ2v) is 10.8. The minimum Gasteiger partial charge on any atom is -0.481 e. The fourth-order valence-electron chi connectivity index (χ4n) is 7.08. The molecule has 1 aromatic carbocycles. The van der Waals surface area contributed by atoms with Crippen LogP contribution in [0, 0.1) is 23.2 Å². The van der Waals surface area contributed by atoms with E-state index in [4.69, 9.17) is 4.74 Å². The molecule has 0 aliphatic heterocycles. The standard InChI is InChI=1S/C25H33NO4/c1-24(2,30-20-8-7-16-5-3-4-6-17(16)11-20)22(27)26-21-18-9-15-10-19(21)14-25(12-15,13-18)23(28)29/h3-6,15,18-21H,7-14H2,1-2H3,(H,26,27)(H,28,29). The fraction of sp³-hybridized carbons (Fsp3) is 0.680. The Labute approximate surface area is 178 Å². The van der Waals surface area contributed by atoms with Crippen LogP contribution < -0.4 is 5.32 Å². The van der Waals surface area contributed by atoms with E-state index in [-0.39, 0.29) is 29.9 Å². The highest BCUT2D eigenvalue weighted by Crippen LogP contribution is 2.60. The molecule has 4 saturated carbocycles. The number of fused-ring (bicyclic) bond motifs is 1. The lowest BCUT2D eigenvalue weighted by molar-refractivity contribution is -0.170. The fourth-order valence-corrected chi connectivity index (χ4v) is 7.08. The average molecular weight is 412 g/mol. The van der Waals surface area contributed by atoms with Crippen molar-refractivity contribution >= 4 is 11.9 Å². The van der Waals surface area contributed by atoms with Crippen molar-refractivity contribution < 1.29 is 19.4 Å². The van der Waals surface area contributed by atoms with Gasteiger partial charge in [0.25, 0.3) is 5.91 Å². The van der Waals surface area contributed by atoms with Crippen LogP contribution in [0.3, 0.4) is 0 Å². The van der Waals surface area contributed by atoms with Crippen molar-refractivity contribution in [3.8, 4) is 0 Å². The van der Waals surface area contributed by atoms with Gasteiger partial charge in [-0.3, -0.25) is 9.59 Å². The second kappa shape index (κ2) is 7.08. The topological polar surface area (TPSA) is 75.6 Å². The van der Waals surface area contributed by atoms with Crippen LogP contribution in [0.4, 0.5) is 0 Å². The number of benzene rings is 1.